The zero-order valence-electron chi connectivity index (χ0n) is 9.39. The van der Waals surface area contributed by atoms with Gasteiger partial charge in [-0.25, -0.2) is 8.78 Å². The van der Waals surface area contributed by atoms with E-state index in [9.17, 15) is 13.6 Å². The molecule has 0 radical (unpaired) electrons. The minimum Gasteiger partial charge on any atom is -0.356 e. The number of benzene rings is 1. The third kappa shape index (κ3) is 3.29. The van der Waals surface area contributed by atoms with E-state index in [1.165, 1.54) is 18.2 Å². The smallest absolute Gasteiger partial charge is 0.222 e. The Morgan fingerprint density at radius 3 is 2.38 bits per heavy atom. The molecule has 0 heterocycles. The van der Waals surface area contributed by atoms with E-state index in [2.05, 4.69) is 5.32 Å². The van der Waals surface area contributed by atoms with Gasteiger partial charge in [0.2, 0.25) is 5.91 Å². The summed E-state index contributed by atoms with van der Waals surface area (Å²) in [4.78, 5) is 11.2. The Kier molecular flexibility index (Phi) is 4.40. The second-order valence-electron chi connectivity index (χ2n) is 3.90. The molecule has 0 saturated carbocycles. The largest absolute Gasteiger partial charge is 0.356 e. The third-order valence-corrected chi connectivity index (χ3v) is 2.26. The summed E-state index contributed by atoms with van der Waals surface area (Å²) in [5.41, 5.74) is 0.0200. The van der Waals surface area contributed by atoms with Crippen LogP contribution in [0.3, 0.4) is 0 Å². The molecule has 1 aromatic rings. The van der Waals surface area contributed by atoms with Crippen LogP contribution in [0.5, 0.6) is 0 Å². The number of hydrogen-bond donors (Lipinski definition) is 1. The summed E-state index contributed by atoms with van der Waals surface area (Å²) < 4.78 is 26.4. The molecule has 2 nitrogen and oxygen atoms in total. The van der Waals surface area contributed by atoms with Crippen LogP contribution in [0.2, 0.25) is 0 Å². The van der Waals surface area contributed by atoms with Crippen LogP contribution >= 0.6 is 0 Å². The Bertz CT molecular complexity index is 357. The van der Waals surface area contributed by atoms with E-state index in [-0.39, 0.29) is 30.4 Å². The summed E-state index contributed by atoms with van der Waals surface area (Å²) in [6.45, 7) is 3.77. The second-order valence-corrected chi connectivity index (χ2v) is 3.90. The molecule has 0 saturated heterocycles. The molecule has 0 unspecified atom stereocenters. The molecular formula is C12H15F2NO. The van der Waals surface area contributed by atoms with Crippen LogP contribution in [0.4, 0.5) is 8.78 Å². The first-order valence-corrected chi connectivity index (χ1v) is 5.23. The molecule has 1 N–H and O–H groups in total. The van der Waals surface area contributed by atoms with E-state index in [1.54, 1.807) is 13.8 Å². The minimum atomic E-state index is -0.571. The molecule has 1 aromatic carbocycles. The number of carbonyl (C=O) groups is 1. The van der Waals surface area contributed by atoms with Gasteiger partial charge in [-0.2, -0.15) is 0 Å². The molecule has 0 atom stereocenters. The van der Waals surface area contributed by atoms with Crippen LogP contribution in [0.15, 0.2) is 18.2 Å². The Morgan fingerprint density at radius 1 is 1.31 bits per heavy atom. The number of nitrogens with one attached hydrogen (secondary N) is 1. The van der Waals surface area contributed by atoms with Gasteiger partial charge in [0, 0.05) is 18.0 Å². The summed E-state index contributed by atoms with van der Waals surface area (Å²) in [5, 5.41) is 2.61. The Balaban J connectivity index is 2.52. The monoisotopic (exact) mass is 227 g/mol. The van der Waals surface area contributed by atoms with Crippen molar-refractivity contribution in [1.82, 2.24) is 5.32 Å². The average Bonchev–Trinajstić information content (AvgIpc) is 2.22. The molecule has 1 rings (SSSR count). The van der Waals surface area contributed by atoms with E-state index in [4.69, 9.17) is 0 Å². The van der Waals surface area contributed by atoms with Crippen LogP contribution in [0.25, 0.3) is 0 Å². The summed E-state index contributed by atoms with van der Waals surface area (Å²) in [6, 6.07) is 3.74. The summed E-state index contributed by atoms with van der Waals surface area (Å²) in [5.74, 6) is -1.38. The molecule has 88 valence electrons. The van der Waals surface area contributed by atoms with Gasteiger partial charge in [0.25, 0.3) is 0 Å². The van der Waals surface area contributed by atoms with Crippen LogP contribution < -0.4 is 5.32 Å². The highest BCUT2D eigenvalue weighted by molar-refractivity contribution is 5.77. The Labute approximate surface area is 93.7 Å². The van der Waals surface area contributed by atoms with Gasteiger partial charge in [-0.05, 0) is 18.6 Å². The minimum absolute atomic E-state index is 0.0200. The van der Waals surface area contributed by atoms with Gasteiger partial charge in [-0.1, -0.05) is 19.9 Å². The Hall–Kier alpha value is -1.45. The van der Waals surface area contributed by atoms with Gasteiger partial charge in [0.15, 0.2) is 0 Å². The van der Waals surface area contributed by atoms with Crippen molar-refractivity contribution in [2.24, 2.45) is 5.92 Å². The number of rotatable bonds is 4. The van der Waals surface area contributed by atoms with Crippen molar-refractivity contribution in [1.29, 1.82) is 0 Å². The van der Waals surface area contributed by atoms with Crippen molar-refractivity contribution < 1.29 is 13.6 Å². The maximum atomic E-state index is 13.2. The van der Waals surface area contributed by atoms with E-state index in [1.807, 2.05) is 0 Å². The van der Waals surface area contributed by atoms with Crippen molar-refractivity contribution >= 4 is 5.91 Å². The van der Waals surface area contributed by atoms with Gasteiger partial charge in [0.1, 0.15) is 11.6 Å². The Morgan fingerprint density at radius 2 is 1.88 bits per heavy atom. The predicted octanol–water partition coefficient (Wildman–Crippen LogP) is 2.28. The van der Waals surface area contributed by atoms with Crippen molar-refractivity contribution in [3.05, 3.63) is 35.4 Å². The summed E-state index contributed by atoms with van der Waals surface area (Å²) >= 11 is 0. The second kappa shape index (κ2) is 5.58. The third-order valence-electron chi connectivity index (χ3n) is 2.26. The number of amides is 1. The fourth-order valence-electron chi connectivity index (χ4n) is 1.29. The number of hydrogen-bond acceptors (Lipinski definition) is 1. The first-order chi connectivity index (χ1) is 7.52. The normalized spacial score (nSPS) is 10.6. The highest BCUT2D eigenvalue weighted by Crippen LogP contribution is 2.12. The number of halogens is 2. The maximum absolute atomic E-state index is 13.2. The number of carbonyl (C=O) groups excluding carboxylic acids is 1. The van der Waals surface area contributed by atoms with Gasteiger partial charge >= 0.3 is 0 Å². The lowest BCUT2D eigenvalue weighted by Crippen LogP contribution is -2.29. The lowest BCUT2D eigenvalue weighted by molar-refractivity contribution is -0.123. The lowest BCUT2D eigenvalue weighted by atomic mass is 10.1. The van der Waals surface area contributed by atoms with E-state index in [0.717, 1.165) is 0 Å². The molecule has 0 aromatic heterocycles. The van der Waals surface area contributed by atoms with Crippen molar-refractivity contribution in [2.75, 3.05) is 6.54 Å². The molecule has 0 aliphatic heterocycles. The topological polar surface area (TPSA) is 29.1 Å². The van der Waals surface area contributed by atoms with Gasteiger partial charge < -0.3 is 5.32 Å². The molecule has 0 aliphatic carbocycles. The highest BCUT2D eigenvalue weighted by Gasteiger charge is 2.09. The van der Waals surface area contributed by atoms with Crippen LogP contribution in [0, 0.1) is 17.6 Å². The predicted molar refractivity (Wildman–Crippen MR) is 57.9 cm³/mol. The van der Waals surface area contributed by atoms with Crippen molar-refractivity contribution in [3.63, 3.8) is 0 Å². The van der Waals surface area contributed by atoms with Crippen LogP contribution in [-0.2, 0) is 11.2 Å². The SMILES string of the molecule is CC(C)C(=O)NCCc1c(F)cccc1F. The molecule has 0 bridgehead atoms. The zero-order chi connectivity index (χ0) is 12.1. The average molecular weight is 227 g/mol. The first-order valence-electron chi connectivity index (χ1n) is 5.23. The fraction of sp³-hybridized carbons (Fsp3) is 0.417. The van der Waals surface area contributed by atoms with Crippen LogP contribution in [-0.4, -0.2) is 12.5 Å². The lowest BCUT2D eigenvalue weighted by Gasteiger charge is -2.08. The summed E-state index contributed by atoms with van der Waals surface area (Å²) in [7, 11) is 0. The van der Waals surface area contributed by atoms with Gasteiger partial charge in [-0.3, -0.25) is 4.79 Å². The van der Waals surface area contributed by atoms with Gasteiger partial charge in [-0.15, -0.1) is 0 Å². The van der Waals surface area contributed by atoms with E-state index in [0.29, 0.717) is 0 Å². The van der Waals surface area contributed by atoms with Gasteiger partial charge in [0.05, 0.1) is 0 Å². The molecule has 1 amide bonds. The van der Waals surface area contributed by atoms with Crippen molar-refractivity contribution in [3.8, 4) is 0 Å². The molecule has 0 aliphatic rings. The molecular weight excluding hydrogens is 212 g/mol. The molecule has 0 spiro atoms. The van der Waals surface area contributed by atoms with E-state index < -0.39 is 11.6 Å². The maximum Gasteiger partial charge on any atom is 0.222 e. The first kappa shape index (κ1) is 12.6. The van der Waals surface area contributed by atoms with Crippen LogP contribution in [0.1, 0.15) is 19.4 Å². The highest BCUT2D eigenvalue weighted by atomic mass is 19.1. The fourth-order valence-corrected chi connectivity index (χ4v) is 1.29. The molecule has 4 heteroatoms. The zero-order valence-corrected chi connectivity index (χ0v) is 9.39. The molecule has 0 fully saturated rings. The van der Waals surface area contributed by atoms with Crippen molar-refractivity contribution in [2.45, 2.75) is 20.3 Å². The summed E-state index contributed by atoms with van der Waals surface area (Å²) in [6.07, 6.45) is 0.164. The standard InChI is InChI=1S/C12H15F2NO/c1-8(2)12(16)15-7-6-9-10(13)4-3-5-11(9)14/h3-5,8H,6-7H2,1-2H3,(H,15,16). The quantitative estimate of drug-likeness (QED) is 0.840. The van der Waals surface area contributed by atoms with E-state index >= 15 is 0 Å². The molecule has 16 heavy (non-hydrogen) atoms.